The summed E-state index contributed by atoms with van der Waals surface area (Å²) in [5.41, 5.74) is 0.680. The highest BCUT2D eigenvalue weighted by Gasteiger charge is 2.22. The summed E-state index contributed by atoms with van der Waals surface area (Å²) in [6.45, 7) is 7.63. The number of hydrogen-bond donors (Lipinski definition) is 1. The zero-order valence-corrected chi connectivity index (χ0v) is 20.5. The number of fused-ring (bicyclic) bond motifs is 1. The van der Waals surface area contributed by atoms with Crippen LogP contribution in [0.2, 0.25) is 0 Å². The number of likely N-dealkylation sites (tertiary alicyclic amines) is 1. The first-order chi connectivity index (χ1) is 17.2. The number of piperidine rings is 1. The first-order valence-corrected chi connectivity index (χ1v) is 12.8. The lowest BCUT2D eigenvalue weighted by Crippen LogP contribution is -2.38. The first kappa shape index (κ1) is 23.7. The van der Waals surface area contributed by atoms with E-state index in [1.807, 2.05) is 24.3 Å². The van der Waals surface area contributed by atoms with E-state index in [4.69, 9.17) is 14.3 Å². The van der Waals surface area contributed by atoms with E-state index in [1.54, 1.807) is 4.52 Å². The van der Waals surface area contributed by atoms with Crippen molar-refractivity contribution in [3.05, 3.63) is 41.6 Å². The van der Waals surface area contributed by atoms with Gasteiger partial charge in [0.1, 0.15) is 17.3 Å². The molecule has 1 atom stereocenters. The van der Waals surface area contributed by atoms with Gasteiger partial charge in [-0.25, -0.2) is 0 Å². The highest BCUT2D eigenvalue weighted by atomic mass is 16.5. The van der Waals surface area contributed by atoms with E-state index in [0.29, 0.717) is 50.1 Å². The summed E-state index contributed by atoms with van der Waals surface area (Å²) in [7, 11) is 0. The molecule has 10 nitrogen and oxygen atoms in total. The van der Waals surface area contributed by atoms with Crippen molar-refractivity contribution in [2.75, 3.05) is 37.7 Å². The third-order valence-electron chi connectivity index (χ3n) is 6.98. The Morgan fingerprint density at radius 3 is 2.80 bits per heavy atom. The van der Waals surface area contributed by atoms with Crippen LogP contribution in [-0.4, -0.2) is 69.5 Å². The fourth-order valence-electron chi connectivity index (χ4n) is 4.97. The predicted molar refractivity (Wildman–Crippen MR) is 131 cm³/mol. The highest BCUT2D eigenvalue weighted by molar-refractivity contribution is 5.76. The summed E-state index contributed by atoms with van der Waals surface area (Å²) in [5, 5.41) is 16.1. The van der Waals surface area contributed by atoms with E-state index in [9.17, 15) is 4.79 Å². The molecule has 10 heteroatoms. The van der Waals surface area contributed by atoms with Gasteiger partial charge in [-0.2, -0.15) is 4.52 Å². The molecule has 5 rings (SSSR count). The van der Waals surface area contributed by atoms with E-state index >= 15 is 0 Å². The Hall–Kier alpha value is -2.98. The Bertz CT molecular complexity index is 1120. The van der Waals surface area contributed by atoms with Gasteiger partial charge in [-0.05, 0) is 50.1 Å². The quantitative estimate of drug-likeness (QED) is 0.498. The Labute approximate surface area is 205 Å². The van der Waals surface area contributed by atoms with Crippen LogP contribution in [0.5, 0.6) is 0 Å². The summed E-state index contributed by atoms with van der Waals surface area (Å²) >= 11 is 0. The monoisotopic (exact) mass is 481 g/mol. The Balaban J connectivity index is 1.12. The van der Waals surface area contributed by atoms with Gasteiger partial charge in [-0.1, -0.05) is 13.3 Å². The minimum Gasteiger partial charge on any atom is -0.463 e. The molecule has 0 saturated carbocycles. The maximum atomic E-state index is 12.5. The van der Waals surface area contributed by atoms with E-state index in [0.717, 1.165) is 43.5 Å². The lowest BCUT2D eigenvalue weighted by atomic mass is 10.00. The molecular weight excluding hydrogens is 446 g/mol. The second kappa shape index (κ2) is 11.2. The van der Waals surface area contributed by atoms with Crippen molar-refractivity contribution in [1.29, 1.82) is 0 Å². The Kier molecular flexibility index (Phi) is 7.58. The van der Waals surface area contributed by atoms with Crippen molar-refractivity contribution in [1.82, 2.24) is 30.0 Å². The molecule has 3 aromatic heterocycles. The van der Waals surface area contributed by atoms with Gasteiger partial charge < -0.3 is 19.4 Å². The zero-order chi connectivity index (χ0) is 24.0. The molecule has 0 unspecified atom stereocenters. The van der Waals surface area contributed by atoms with Crippen molar-refractivity contribution in [3.8, 4) is 0 Å². The maximum absolute atomic E-state index is 12.5. The van der Waals surface area contributed by atoms with Crippen LogP contribution in [0.25, 0.3) is 5.65 Å². The maximum Gasteiger partial charge on any atom is 0.220 e. The molecule has 0 aliphatic carbocycles. The van der Waals surface area contributed by atoms with Gasteiger partial charge in [0, 0.05) is 32.0 Å². The molecule has 5 heterocycles. The molecule has 1 N–H and O–H groups in total. The topological polar surface area (TPSA) is 101 Å². The van der Waals surface area contributed by atoms with Gasteiger partial charge in [0.25, 0.3) is 0 Å². The number of anilines is 1. The molecule has 1 amide bonds. The van der Waals surface area contributed by atoms with Crippen molar-refractivity contribution in [3.63, 3.8) is 0 Å². The van der Waals surface area contributed by atoms with Crippen molar-refractivity contribution in [2.45, 2.75) is 64.6 Å². The molecule has 0 radical (unpaired) electrons. The third kappa shape index (κ3) is 5.82. The number of nitrogens with zero attached hydrogens (tertiary/aromatic N) is 6. The number of morpholine rings is 1. The van der Waals surface area contributed by atoms with Gasteiger partial charge in [0.05, 0.1) is 26.3 Å². The Morgan fingerprint density at radius 1 is 1.09 bits per heavy atom. The number of amides is 1. The molecule has 3 aromatic rings. The standard InChI is InChI=1S/C25H35N7O3/c1-2-19-5-3-4-12-31(19)18-21-7-6-20(35-21)17-26-25(33)11-10-23-28-27-22-8-9-24(29-32(22)23)30-13-15-34-16-14-30/h6-9,19H,2-5,10-18H2,1H3,(H,26,33)/t19-/m0/s1. The highest BCUT2D eigenvalue weighted by Crippen LogP contribution is 2.22. The first-order valence-electron chi connectivity index (χ1n) is 12.8. The SMILES string of the molecule is CC[C@H]1CCCCN1Cc1ccc(CNC(=O)CCc2nnc3ccc(N4CCOCC4)nn23)o1. The molecule has 188 valence electrons. The van der Waals surface area contributed by atoms with Crippen LogP contribution in [0.3, 0.4) is 0 Å². The molecule has 2 saturated heterocycles. The van der Waals surface area contributed by atoms with Crippen LogP contribution in [0.15, 0.2) is 28.7 Å². The number of nitrogens with one attached hydrogen (secondary N) is 1. The van der Waals surface area contributed by atoms with Crippen LogP contribution in [0.1, 0.15) is 56.4 Å². The molecule has 35 heavy (non-hydrogen) atoms. The van der Waals surface area contributed by atoms with E-state index in [1.165, 1.54) is 25.7 Å². The lowest BCUT2D eigenvalue weighted by Gasteiger charge is -2.34. The molecule has 2 fully saturated rings. The molecular formula is C25H35N7O3. The molecule has 2 aliphatic rings. The van der Waals surface area contributed by atoms with E-state index in [-0.39, 0.29) is 5.91 Å². The number of furan rings is 1. The summed E-state index contributed by atoms with van der Waals surface area (Å²) in [5.74, 6) is 3.24. The van der Waals surface area contributed by atoms with Crippen molar-refractivity contribution >= 4 is 17.4 Å². The third-order valence-corrected chi connectivity index (χ3v) is 6.98. The number of ether oxygens (including phenoxy) is 1. The zero-order valence-electron chi connectivity index (χ0n) is 20.5. The van der Waals surface area contributed by atoms with E-state index in [2.05, 4.69) is 32.2 Å². The molecule has 0 aromatic carbocycles. The van der Waals surface area contributed by atoms with Crippen molar-refractivity contribution < 1.29 is 13.9 Å². The summed E-state index contributed by atoms with van der Waals surface area (Å²) in [6.07, 6.45) is 5.79. The summed E-state index contributed by atoms with van der Waals surface area (Å²) in [6, 6.07) is 8.50. The average Bonchev–Trinajstić information content (AvgIpc) is 3.53. The minimum atomic E-state index is -0.0499. The number of hydrogen-bond acceptors (Lipinski definition) is 8. The second-order valence-corrected chi connectivity index (χ2v) is 9.35. The fraction of sp³-hybridized carbons (Fsp3) is 0.600. The van der Waals surface area contributed by atoms with Crippen molar-refractivity contribution in [2.24, 2.45) is 0 Å². The molecule has 2 aliphatic heterocycles. The average molecular weight is 482 g/mol. The van der Waals surface area contributed by atoms with Crippen LogP contribution in [0.4, 0.5) is 5.82 Å². The normalized spacial score (nSPS) is 19.3. The van der Waals surface area contributed by atoms with Crippen LogP contribution < -0.4 is 10.2 Å². The number of aromatic nitrogens is 4. The number of carbonyl (C=O) groups excluding carboxylic acids is 1. The number of carbonyl (C=O) groups is 1. The van der Waals surface area contributed by atoms with Gasteiger partial charge in [0.15, 0.2) is 11.5 Å². The van der Waals surface area contributed by atoms with E-state index < -0.39 is 0 Å². The molecule has 0 bridgehead atoms. The second-order valence-electron chi connectivity index (χ2n) is 9.35. The van der Waals surface area contributed by atoms with Crippen LogP contribution in [-0.2, 0) is 29.0 Å². The summed E-state index contributed by atoms with van der Waals surface area (Å²) < 4.78 is 13.2. The number of aryl methyl sites for hydroxylation is 1. The van der Waals surface area contributed by atoms with Gasteiger partial charge in [-0.3, -0.25) is 9.69 Å². The van der Waals surface area contributed by atoms with Gasteiger partial charge in [0.2, 0.25) is 5.91 Å². The van der Waals surface area contributed by atoms with Gasteiger partial charge >= 0.3 is 0 Å². The van der Waals surface area contributed by atoms with Gasteiger partial charge in [-0.15, -0.1) is 15.3 Å². The smallest absolute Gasteiger partial charge is 0.220 e. The Morgan fingerprint density at radius 2 is 1.94 bits per heavy atom. The lowest BCUT2D eigenvalue weighted by molar-refractivity contribution is -0.121. The molecule has 0 spiro atoms. The minimum absolute atomic E-state index is 0.0499. The summed E-state index contributed by atoms with van der Waals surface area (Å²) in [4.78, 5) is 17.2. The largest absolute Gasteiger partial charge is 0.463 e. The van der Waals surface area contributed by atoms with Crippen LogP contribution in [0, 0.1) is 0 Å². The predicted octanol–water partition coefficient (Wildman–Crippen LogP) is 2.57. The number of rotatable bonds is 9. The van der Waals surface area contributed by atoms with Crippen LogP contribution >= 0.6 is 0 Å². The fourth-order valence-corrected chi connectivity index (χ4v) is 4.97.